The van der Waals surface area contributed by atoms with Crippen LogP contribution >= 0.6 is 0 Å². The van der Waals surface area contributed by atoms with Gasteiger partial charge in [0.1, 0.15) is 5.65 Å². The average Bonchev–Trinajstić information content (AvgIpc) is 2.92. The third kappa shape index (κ3) is 2.16. The van der Waals surface area contributed by atoms with Crippen LogP contribution in [0.2, 0.25) is 0 Å². The Kier molecular flexibility index (Phi) is 2.89. The minimum Gasteiger partial charge on any atom is -0.476 e. The third-order valence-corrected chi connectivity index (χ3v) is 3.77. The van der Waals surface area contributed by atoms with E-state index in [1.165, 1.54) is 6.42 Å². The van der Waals surface area contributed by atoms with Gasteiger partial charge in [-0.1, -0.05) is 13.0 Å². The molecule has 3 rings (SSSR count). The van der Waals surface area contributed by atoms with Gasteiger partial charge in [0.15, 0.2) is 11.5 Å². The summed E-state index contributed by atoms with van der Waals surface area (Å²) in [6.45, 7) is 2.23. The highest BCUT2D eigenvalue weighted by molar-refractivity contribution is 5.93. The van der Waals surface area contributed by atoms with Crippen molar-refractivity contribution in [3.8, 4) is 0 Å². The number of imidazole rings is 1. The Bertz CT molecular complexity index is 620. The van der Waals surface area contributed by atoms with Crippen molar-refractivity contribution < 1.29 is 9.90 Å². The Hall–Kier alpha value is -2.04. The summed E-state index contributed by atoms with van der Waals surface area (Å²) >= 11 is 0. The maximum Gasteiger partial charge on any atom is 0.356 e. The molecule has 1 aliphatic rings. The van der Waals surface area contributed by atoms with Crippen LogP contribution in [0.5, 0.6) is 0 Å². The first-order valence-electron chi connectivity index (χ1n) is 6.62. The largest absolute Gasteiger partial charge is 0.476 e. The molecule has 1 aliphatic carbocycles. The Balaban J connectivity index is 1.98. The first-order chi connectivity index (χ1) is 9.15. The van der Waals surface area contributed by atoms with Crippen molar-refractivity contribution >= 4 is 17.4 Å². The van der Waals surface area contributed by atoms with Crippen LogP contribution in [-0.2, 0) is 0 Å². The van der Waals surface area contributed by atoms with Gasteiger partial charge >= 0.3 is 5.97 Å². The van der Waals surface area contributed by atoms with E-state index >= 15 is 0 Å². The Morgan fingerprint density at radius 2 is 2.32 bits per heavy atom. The van der Waals surface area contributed by atoms with E-state index in [4.69, 9.17) is 0 Å². The van der Waals surface area contributed by atoms with Gasteiger partial charge in [0, 0.05) is 12.2 Å². The van der Waals surface area contributed by atoms with Gasteiger partial charge in [-0.3, -0.25) is 4.40 Å². The quantitative estimate of drug-likeness (QED) is 0.889. The van der Waals surface area contributed by atoms with E-state index in [9.17, 15) is 9.90 Å². The fourth-order valence-electron chi connectivity index (χ4n) is 2.83. The van der Waals surface area contributed by atoms with Gasteiger partial charge in [-0.15, -0.1) is 0 Å². The van der Waals surface area contributed by atoms with Gasteiger partial charge < -0.3 is 10.4 Å². The van der Waals surface area contributed by atoms with E-state index in [2.05, 4.69) is 17.2 Å². The molecule has 2 unspecified atom stereocenters. The monoisotopic (exact) mass is 259 g/mol. The topological polar surface area (TPSA) is 66.6 Å². The number of nitrogens with zero attached hydrogens (tertiary/aromatic N) is 2. The standard InChI is InChI=1S/C14H17N3O2/c1-9-5-6-10(8-9)15-13-12(14(18)19)17-7-3-2-4-11(17)16-13/h2-4,7,9-10,15H,5-6,8H2,1H3,(H,18,19). The van der Waals surface area contributed by atoms with Crippen molar-refractivity contribution in [1.29, 1.82) is 0 Å². The molecule has 0 amide bonds. The zero-order valence-electron chi connectivity index (χ0n) is 10.8. The lowest BCUT2D eigenvalue weighted by Gasteiger charge is -2.12. The van der Waals surface area contributed by atoms with Gasteiger partial charge in [0.2, 0.25) is 0 Å². The minimum absolute atomic E-state index is 0.218. The SMILES string of the molecule is CC1CCC(Nc2nc3ccccn3c2C(=O)O)C1. The summed E-state index contributed by atoms with van der Waals surface area (Å²) in [5.74, 6) is 0.229. The number of carboxylic acid groups (broad SMARTS) is 1. The number of nitrogens with one attached hydrogen (secondary N) is 1. The molecule has 2 atom stereocenters. The van der Waals surface area contributed by atoms with Crippen molar-refractivity contribution in [3.63, 3.8) is 0 Å². The number of aromatic carboxylic acids is 1. The lowest BCUT2D eigenvalue weighted by Crippen LogP contribution is -2.18. The predicted octanol–water partition coefficient (Wildman–Crippen LogP) is 2.63. The molecule has 19 heavy (non-hydrogen) atoms. The number of carbonyl (C=O) groups is 1. The zero-order chi connectivity index (χ0) is 13.4. The summed E-state index contributed by atoms with van der Waals surface area (Å²) in [5, 5.41) is 12.7. The van der Waals surface area contributed by atoms with Crippen LogP contribution in [0.3, 0.4) is 0 Å². The Labute approximate surface area is 111 Å². The van der Waals surface area contributed by atoms with Crippen LogP contribution in [0.15, 0.2) is 24.4 Å². The number of rotatable bonds is 3. The van der Waals surface area contributed by atoms with Gasteiger partial charge in [-0.2, -0.15) is 0 Å². The first-order valence-corrected chi connectivity index (χ1v) is 6.62. The third-order valence-electron chi connectivity index (χ3n) is 3.77. The molecule has 0 aromatic carbocycles. The van der Waals surface area contributed by atoms with Crippen LogP contribution in [-0.4, -0.2) is 26.5 Å². The minimum atomic E-state index is -0.952. The van der Waals surface area contributed by atoms with Gasteiger partial charge in [-0.25, -0.2) is 9.78 Å². The molecule has 0 aliphatic heterocycles. The maximum atomic E-state index is 11.4. The molecule has 0 radical (unpaired) electrons. The van der Waals surface area contributed by atoms with Crippen molar-refractivity contribution in [3.05, 3.63) is 30.1 Å². The maximum absolute atomic E-state index is 11.4. The van der Waals surface area contributed by atoms with Gasteiger partial charge in [0.25, 0.3) is 0 Å². The predicted molar refractivity (Wildman–Crippen MR) is 72.6 cm³/mol. The molecule has 0 spiro atoms. The number of aromatic nitrogens is 2. The molecule has 1 saturated carbocycles. The van der Waals surface area contributed by atoms with Crippen LogP contribution in [0.25, 0.3) is 5.65 Å². The van der Waals surface area contributed by atoms with E-state index in [0.29, 0.717) is 23.4 Å². The van der Waals surface area contributed by atoms with E-state index in [1.54, 1.807) is 10.6 Å². The fourth-order valence-corrected chi connectivity index (χ4v) is 2.83. The van der Waals surface area contributed by atoms with Crippen molar-refractivity contribution in [1.82, 2.24) is 9.38 Å². The summed E-state index contributed by atoms with van der Waals surface area (Å²) in [6.07, 6.45) is 5.07. The second-order valence-corrected chi connectivity index (χ2v) is 5.30. The summed E-state index contributed by atoms with van der Waals surface area (Å²) in [4.78, 5) is 15.8. The molecule has 100 valence electrons. The highest BCUT2D eigenvalue weighted by Gasteiger charge is 2.25. The molecule has 2 aromatic rings. The highest BCUT2D eigenvalue weighted by Crippen LogP contribution is 2.28. The summed E-state index contributed by atoms with van der Waals surface area (Å²) < 4.78 is 1.61. The number of pyridine rings is 1. The van der Waals surface area contributed by atoms with E-state index in [0.717, 1.165) is 12.8 Å². The van der Waals surface area contributed by atoms with Crippen LogP contribution in [0.4, 0.5) is 5.82 Å². The number of hydrogen-bond acceptors (Lipinski definition) is 3. The van der Waals surface area contributed by atoms with Crippen LogP contribution < -0.4 is 5.32 Å². The lowest BCUT2D eigenvalue weighted by molar-refractivity contribution is 0.0690. The fraction of sp³-hybridized carbons (Fsp3) is 0.429. The molecule has 1 fully saturated rings. The number of hydrogen-bond donors (Lipinski definition) is 2. The first kappa shape index (κ1) is 12.0. The van der Waals surface area contributed by atoms with Gasteiger partial charge in [0.05, 0.1) is 0 Å². The molecule has 0 bridgehead atoms. The molecule has 0 saturated heterocycles. The van der Waals surface area contributed by atoms with E-state index < -0.39 is 5.97 Å². The molecule has 2 aromatic heterocycles. The van der Waals surface area contributed by atoms with Crippen molar-refractivity contribution in [2.75, 3.05) is 5.32 Å². The Morgan fingerprint density at radius 3 is 3.00 bits per heavy atom. The lowest BCUT2D eigenvalue weighted by atomic mass is 10.1. The highest BCUT2D eigenvalue weighted by atomic mass is 16.4. The summed E-state index contributed by atoms with van der Waals surface area (Å²) in [6, 6.07) is 5.81. The van der Waals surface area contributed by atoms with Crippen LogP contribution in [0.1, 0.15) is 36.7 Å². The Morgan fingerprint density at radius 1 is 1.47 bits per heavy atom. The van der Waals surface area contributed by atoms with Crippen LogP contribution in [0, 0.1) is 5.92 Å². The number of anilines is 1. The average molecular weight is 259 g/mol. The molecule has 5 heteroatoms. The van der Waals surface area contributed by atoms with Crippen molar-refractivity contribution in [2.45, 2.75) is 32.2 Å². The van der Waals surface area contributed by atoms with E-state index in [1.807, 2.05) is 18.2 Å². The second-order valence-electron chi connectivity index (χ2n) is 5.30. The smallest absolute Gasteiger partial charge is 0.356 e. The number of carboxylic acids is 1. The normalized spacial score (nSPS) is 22.8. The molecule has 2 N–H and O–H groups in total. The molecule has 2 heterocycles. The molecule has 5 nitrogen and oxygen atoms in total. The van der Waals surface area contributed by atoms with E-state index in [-0.39, 0.29) is 5.69 Å². The molecular formula is C14H17N3O2. The van der Waals surface area contributed by atoms with Crippen molar-refractivity contribution in [2.24, 2.45) is 5.92 Å². The summed E-state index contributed by atoms with van der Waals surface area (Å²) in [5.41, 5.74) is 0.878. The summed E-state index contributed by atoms with van der Waals surface area (Å²) in [7, 11) is 0. The number of fused-ring (bicyclic) bond motifs is 1. The second kappa shape index (κ2) is 4.57. The zero-order valence-corrected chi connectivity index (χ0v) is 10.8. The molecular weight excluding hydrogens is 242 g/mol. The van der Waals surface area contributed by atoms with Gasteiger partial charge in [-0.05, 0) is 37.3 Å².